The summed E-state index contributed by atoms with van der Waals surface area (Å²) >= 11 is 0. The van der Waals surface area contributed by atoms with E-state index in [4.69, 9.17) is 9.47 Å². The fraction of sp³-hybridized carbons (Fsp3) is 0.320. The van der Waals surface area contributed by atoms with Crippen LogP contribution in [0, 0.1) is 0 Å². The number of nitrogens with zero attached hydrogens (tertiary/aromatic N) is 4. The molecule has 1 N–H and O–H groups in total. The highest BCUT2D eigenvalue weighted by molar-refractivity contribution is 7.89. The lowest BCUT2D eigenvalue weighted by Crippen LogP contribution is -2.40. The van der Waals surface area contributed by atoms with Gasteiger partial charge in [0.15, 0.2) is 5.69 Å². The normalized spacial score (nSPS) is 14.3. The molecule has 2 aromatic carbocycles. The van der Waals surface area contributed by atoms with E-state index in [0.29, 0.717) is 30.2 Å². The van der Waals surface area contributed by atoms with Crippen molar-refractivity contribution < 1.29 is 32.6 Å². The summed E-state index contributed by atoms with van der Waals surface area (Å²) in [7, 11) is -0.388. The molecule has 1 fully saturated rings. The maximum Gasteiger partial charge on any atom is 0.323 e. The van der Waals surface area contributed by atoms with Gasteiger partial charge in [-0.3, -0.25) is 14.3 Å². The number of sulfonamides is 1. The van der Waals surface area contributed by atoms with Crippen LogP contribution < -0.4 is 4.74 Å². The molecule has 4 rings (SSSR count). The molecule has 1 aliphatic heterocycles. The summed E-state index contributed by atoms with van der Waals surface area (Å²) in [6.45, 7) is 0.689. The number of hydrogen-bond donors (Lipinski definition) is 1. The molecule has 0 bridgehead atoms. The molecule has 12 heteroatoms. The smallest absolute Gasteiger partial charge is 0.323 e. The Balaban J connectivity index is 1.53. The second-order valence-corrected chi connectivity index (χ2v) is 10.4. The predicted octanol–water partition coefficient (Wildman–Crippen LogP) is 1.84. The Morgan fingerprint density at radius 2 is 1.73 bits per heavy atom. The minimum Gasteiger partial charge on any atom is -0.497 e. The zero-order chi connectivity index (χ0) is 26.6. The van der Waals surface area contributed by atoms with Crippen molar-refractivity contribution >= 4 is 21.9 Å². The SMILES string of the molecule is COc1ccc(-c2cc(C(=O)N(CC(=O)O)Cc3ccc(S(=O)(=O)N4CCOCC4)cc3)nn2C)cc1. The zero-order valence-electron chi connectivity index (χ0n) is 20.5. The maximum absolute atomic E-state index is 13.3. The van der Waals surface area contributed by atoms with Crippen LogP contribution in [0.15, 0.2) is 59.5 Å². The standard InChI is InChI=1S/C25H28N4O7S/c1-27-23(19-5-7-20(35-2)8-6-19)15-22(26-27)25(32)28(17-24(30)31)16-18-3-9-21(10-4-18)37(33,34)29-11-13-36-14-12-29/h3-10,15H,11-14,16-17H2,1-2H3,(H,30,31). The summed E-state index contributed by atoms with van der Waals surface area (Å²) in [5, 5.41) is 13.7. The van der Waals surface area contributed by atoms with Crippen molar-refractivity contribution in [3.63, 3.8) is 0 Å². The molecular formula is C25H28N4O7S. The molecule has 1 saturated heterocycles. The number of carboxylic acids is 1. The molecule has 11 nitrogen and oxygen atoms in total. The van der Waals surface area contributed by atoms with Crippen LogP contribution in [0.5, 0.6) is 5.75 Å². The van der Waals surface area contributed by atoms with Crippen molar-refractivity contribution in [2.75, 3.05) is 40.0 Å². The maximum atomic E-state index is 13.3. The van der Waals surface area contributed by atoms with E-state index in [1.807, 2.05) is 12.1 Å². The number of hydrogen-bond acceptors (Lipinski definition) is 7. The molecule has 0 radical (unpaired) electrons. The largest absolute Gasteiger partial charge is 0.497 e. The van der Waals surface area contributed by atoms with Crippen LogP contribution in [0.1, 0.15) is 16.1 Å². The topological polar surface area (TPSA) is 131 Å². The number of carbonyl (C=O) groups is 2. The average molecular weight is 529 g/mol. The first-order valence-corrected chi connectivity index (χ1v) is 13.0. The number of carbonyl (C=O) groups excluding carboxylic acids is 1. The van der Waals surface area contributed by atoms with Gasteiger partial charge in [-0.2, -0.15) is 9.40 Å². The average Bonchev–Trinajstić information content (AvgIpc) is 3.30. The van der Waals surface area contributed by atoms with Gasteiger partial charge in [-0.05, 0) is 48.0 Å². The van der Waals surface area contributed by atoms with Crippen molar-refractivity contribution in [3.8, 4) is 17.0 Å². The number of carboxylic acid groups (broad SMARTS) is 1. The second kappa shape index (κ2) is 11.1. The van der Waals surface area contributed by atoms with Crippen LogP contribution in [0.3, 0.4) is 0 Å². The molecule has 0 aliphatic carbocycles. The van der Waals surface area contributed by atoms with Gasteiger partial charge in [-0.1, -0.05) is 12.1 Å². The van der Waals surface area contributed by atoms with Crippen LogP contribution >= 0.6 is 0 Å². The van der Waals surface area contributed by atoms with Crippen LogP contribution in [0.25, 0.3) is 11.3 Å². The highest BCUT2D eigenvalue weighted by Gasteiger charge is 2.27. The number of ether oxygens (including phenoxy) is 2. The van der Waals surface area contributed by atoms with Crippen LogP contribution in [-0.4, -0.2) is 84.3 Å². The summed E-state index contributed by atoms with van der Waals surface area (Å²) in [6.07, 6.45) is 0. The van der Waals surface area contributed by atoms with Gasteiger partial charge < -0.3 is 19.5 Å². The van der Waals surface area contributed by atoms with Crippen molar-refractivity contribution in [3.05, 3.63) is 65.9 Å². The Morgan fingerprint density at radius 3 is 2.32 bits per heavy atom. The lowest BCUT2D eigenvalue weighted by molar-refractivity contribution is -0.137. The molecule has 1 aromatic heterocycles. The Bertz CT molecular complexity index is 1360. The summed E-state index contributed by atoms with van der Waals surface area (Å²) < 4.78 is 39.0. The predicted molar refractivity (Wildman–Crippen MR) is 134 cm³/mol. The number of amides is 1. The molecule has 0 atom stereocenters. The summed E-state index contributed by atoms with van der Waals surface area (Å²) in [5.41, 5.74) is 2.18. The van der Waals surface area contributed by atoms with Gasteiger partial charge in [0.1, 0.15) is 12.3 Å². The second-order valence-electron chi connectivity index (χ2n) is 8.48. The Labute approximate surface area is 214 Å². The lowest BCUT2D eigenvalue weighted by Gasteiger charge is -2.26. The van der Waals surface area contributed by atoms with Crippen molar-refractivity contribution in [1.29, 1.82) is 0 Å². The van der Waals surface area contributed by atoms with Gasteiger partial charge in [0, 0.05) is 32.2 Å². The van der Waals surface area contributed by atoms with Gasteiger partial charge in [0.05, 0.1) is 30.9 Å². The number of aromatic nitrogens is 2. The number of benzene rings is 2. The number of methoxy groups -OCH3 is 1. The third-order valence-electron chi connectivity index (χ3n) is 6.00. The quantitative estimate of drug-likeness (QED) is 0.445. The summed E-state index contributed by atoms with van der Waals surface area (Å²) in [6, 6.07) is 15.0. The molecule has 2 heterocycles. The number of aliphatic carboxylic acids is 1. The third-order valence-corrected chi connectivity index (χ3v) is 7.92. The minimum atomic E-state index is -3.66. The third kappa shape index (κ3) is 5.98. The Morgan fingerprint density at radius 1 is 1.08 bits per heavy atom. The van der Waals surface area contributed by atoms with Crippen LogP contribution in [0.2, 0.25) is 0 Å². The molecule has 1 amide bonds. The lowest BCUT2D eigenvalue weighted by atomic mass is 10.1. The van der Waals surface area contributed by atoms with E-state index in [1.54, 1.807) is 49.2 Å². The van der Waals surface area contributed by atoms with Crippen molar-refractivity contribution in [2.24, 2.45) is 7.05 Å². The van der Waals surface area contributed by atoms with Crippen molar-refractivity contribution in [1.82, 2.24) is 19.0 Å². The van der Waals surface area contributed by atoms with Gasteiger partial charge in [0.25, 0.3) is 5.91 Å². The number of rotatable bonds is 9. The van der Waals surface area contributed by atoms with E-state index >= 15 is 0 Å². The minimum absolute atomic E-state index is 0.0303. The zero-order valence-corrected chi connectivity index (χ0v) is 21.3. The van der Waals surface area contributed by atoms with E-state index in [-0.39, 0.29) is 30.2 Å². The number of morpholine rings is 1. The monoisotopic (exact) mass is 528 g/mol. The Kier molecular flexibility index (Phi) is 7.91. The van der Waals surface area contributed by atoms with Crippen LogP contribution in [-0.2, 0) is 33.1 Å². The molecule has 0 unspecified atom stereocenters. The first-order chi connectivity index (χ1) is 17.7. The number of aryl methyl sites for hydroxylation is 1. The van der Waals surface area contributed by atoms with Gasteiger partial charge in [0.2, 0.25) is 10.0 Å². The van der Waals surface area contributed by atoms with Gasteiger partial charge in [-0.15, -0.1) is 0 Å². The molecule has 0 saturated carbocycles. The highest BCUT2D eigenvalue weighted by atomic mass is 32.2. The van der Waals surface area contributed by atoms with E-state index in [0.717, 1.165) is 10.5 Å². The van der Waals surface area contributed by atoms with E-state index in [2.05, 4.69) is 5.10 Å². The first kappa shape index (κ1) is 26.3. The van der Waals surface area contributed by atoms with E-state index in [1.165, 1.54) is 16.4 Å². The molecule has 1 aliphatic rings. The van der Waals surface area contributed by atoms with Crippen molar-refractivity contribution in [2.45, 2.75) is 11.4 Å². The van der Waals surface area contributed by atoms with Gasteiger partial charge in [-0.25, -0.2) is 8.42 Å². The van der Waals surface area contributed by atoms with E-state index in [9.17, 15) is 23.1 Å². The summed E-state index contributed by atoms with van der Waals surface area (Å²) in [5.74, 6) is -1.03. The van der Waals surface area contributed by atoms with Crippen LogP contribution in [0.4, 0.5) is 0 Å². The molecule has 37 heavy (non-hydrogen) atoms. The first-order valence-electron chi connectivity index (χ1n) is 11.6. The fourth-order valence-corrected chi connectivity index (χ4v) is 5.46. The molecule has 196 valence electrons. The Hall–Kier alpha value is -3.74. The molecule has 0 spiro atoms. The van der Waals surface area contributed by atoms with E-state index < -0.39 is 28.4 Å². The molecular weight excluding hydrogens is 500 g/mol. The highest BCUT2D eigenvalue weighted by Crippen LogP contribution is 2.24. The molecule has 3 aromatic rings. The van der Waals surface area contributed by atoms with Gasteiger partial charge >= 0.3 is 5.97 Å². The fourth-order valence-electron chi connectivity index (χ4n) is 4.05. The summed E-state index contributed by atoms with van der Waals surface area (Å²) in [4.78, 5) is 26.1.